The number of carbonyl (C=O) groups excluding carboxylic acids is 3. The van der Waals surface area contributed by atoms with Crippen LogP contribution in [-0.4, -0.2) is 62.1 Å². The first-order valence-corrected chi connectivity index (χ1v) is 9.23. The number of carbonyl (C=O) groups is 3. The summed E-state index contributed by atoms with van der Waals surface area (Å²) in [6, 6.07) is 4.50. The SMILES string of the molecule is CCOc1ccc(NC(=O)CN(C)CC(=O)NC(=O)NC(C)C)cc1OCC. The molecule has 0 aliphatic rings. The number of hydrogen-bond donors (Lipinski definition) is 3. The summed E-state index contributed by atoms with van der Waals surface area (Å²) in [5.74, 6) is 0.364. The third-order valence-electron chi connectivity index (χ3n) is 3.33. The number of anilines is 1. The van der Waals surface area contributed by atoms with E-state index in [0.717, 1.165) is 0 Å². The van der Waals surface area contributed by atoms with Gasteiger partial charge in [-0.3, -0.25) is 19.8 Å². The van der Waals surface area contributed by atoms with Crippen molar-refractivity contribution in [3.63, 3.8) is 0 Å². The number of imide groups is 1. The van der Waals surface area contributed by atoms with Crippen LogP contribution >= 0.6 is 0 Å². The lowest BCUT2D eigenvalue weighted by molar-refractivity contribution is -0.122. The number of likely N-dealkylation sites (N-methyl/N-ethyl adjacent to an activating group) is 1. The van der Waals surface area contributed by atoms with Gasteiger partial charge in [-0.1, -0.05) is 0 Å². The molecule has 4 amide bonds. The Morgan fingerprint density at radius 1 is 1.00 bits per heavy atom. The lowest BCUT2D eigenvalue weighted by Crippen LogP contribution is -2.46. The first-order chi connectivity index (χ1) is 13.2. The Hall–Kier alpha value is -2.81. The molecule has 0 spiro atoms. The van der Waals surface area contributed by atoms with Crippen molar-refractivity contribution in [1.29, 1.82) is 0 Å². The van der Waals surface area contributed by atoms with Crippen LogP contribution in [0.15, 0.2) is 18.2 Å². The second-order valence-corrected chi connectivity index (χ2v) is 6.42. The lowest BCUT2D eigenvalue weighted by Gasteiger charge is -2.17. The Morgan fingerprint density at radius 3 is 2.21 bits per heavy atom. The molecule has 0 aromatic heterocycles. The van der Waals surface area contributed by atoms with Crippen molar-refractivity contribution in [1.82, 2.24) is 15.5 Å². The van der Waals surface area contributed by atoms with E-state index < -0.39 is 11.9 Å². The zero-order chi connectivity index (χ0) is 21.1. The van der Waals surface area contributed by atoms with Crippen LogP contribution in [0.3, 0.4) is 0 Å². The maximum atomic E-state index is 12.2. The van der Waals surface area contributed by atoms with Crippen LogP contribution in [0.2, 0.25) is 0 Å². The predicted octanol–water partition coefficient (Wildman–Crippen LogP) is 1.59. The molecule has 1 aromatic rings. The molecule has 0 bridgehead atoms. The largest absolute Gasteiger partial charge is 0.490 e. The van der Waals surface area contributed by atoms with E-state index in [0.29, 0.717) is 30.4 Å². The lowest BCUT2D eigenvalue weighted by atomic mass is 10.2. The smallest absolute Gasteiger partial charge is 0.321 e. The fourth-order valence-electron chi connectivity index (χ4n) is 2.34. The Morgan fingerprint density at radius 2 is 1.61 bits per heavy atom. The highest BCUT2D eigenvalue weighted by Crippen LogP contribution is 2.30. The molecule has 1 rings (SSSR count). The molecule has 0 fully saturated rings. The standard InChI is InChI=1S/C19H30N4O5/c1-6-27-15-9-8-14(10-16(15)28-7-2)21-17(24)11-23(5)12-18(25)22-19(26)20-13(3)4/h8-10,13H,6-7,11-12H2,1-5H3,(H,21,24)(H2,20,22,25,26). The van der Waals surface area contributed by atoms with E-state index in [1.54, 1.807) is 39.1 Å². The van der Waals surface area contributed by atoms with Gasteiger partial charge in [0.2, 0.25) is 11.8 Å². The molecule has 0 atom stereocenters. The maximum absolute atomic E-state index is 12.2. The van der Waals surface area contributed by atoms with Gasteiger partial charge in [-0.05, 0) is 46.9 Å². The van der Waals surface area contributed by atoms with Gasteiger partial charge in [-0.15, -0.1) is 0 Å². The topological polar surface area (TPSA) is 109 Å². The summed E-state index contributed by atoms with van der Waals surface area (Å²) in [6.45, 7) is 8.19. The average molecular weight is 394 g/mol. The summed E-state index contributed by atoms with van der Waals surface area (Å²) in [5.41, 5.74) is 0.561. The second-order valence-electron chi connectivity index (χ2n) is 6.42. The number of hydrogen-bond acceptors (Lipinski definition) is 6. The highest BCUT2D eigenvalue weighted by Gasteiger charge is 2.14. The minimum atomic E-state index is -0.560. The quantitative estimate of drug-likeness (QED) is 0.556. The highest BCUT2D eigenvalue weighted by atomic mass is 16.5. The Kier molecular flexibility index (Phi) is 9.80. The van der Waals surface area contributed by atoms with Crippen molar-refractivity contribution in [3.05, 3.63) is 18.2 Å². The van der Waals surface area contributed by atoms with E-state index in [9.17, 15) is 14.4 Å². The van der Waals surface area contributed by atoms with Gasteiger partial charge >= 0.3 is 6.03 Å². The van der Waals surface area contributed by atoms with Crippen molar-refractivity contribution in [2.24, 2.45) is 0 Å². The van der Waals surface area contributed by atoms with Gasteiger partial charge in [0.25, 0.3) is 0 Å². The number of urea groups is 1. The van der Waals surface area contributed by atoms with Gasteiger partial charge in [0.15, 0.2) is 11.5 Å². The molecule has 28 heavy (non-hydrogen) atoms. The van der Waals surface area contributed by atoms with Gasteiger partial charge in [-0.2, -0.15) is 0 Å². The van der Waals surface area contributed by atoms with E-state index in [1.165, 1.54) is 4.90 Å². The minimum absolute atomic E-state index is 0.0175. The number of amides is 4. The van der Waals surface area contributed by atoms with Crippen LogP contribution in [0, 0.1) is 0 Å². The molecule has 0 unspecified atom stereocenters. The number of nitrogens with one attached hydrogen (secondary N) is 3. The molecule has 0 aliphatic heterocycles. The van der Waals surface area contributed by atoms with Gasteiger partial charge in [0.1, 0.15) is 0 Å². The third-order valence-corrected chi connectivity index (χ3v) is 3.33. The number of nitrogens with zero attached hydrogens (tertiary/aromatic N) is 1. The Bertz CT molecular complexity index is 678. The van der Waals surface area contributed by atoms with E-state index >= 15 is 0 Å². The summed E-state index contributed by atoms with van der Waals surface area (Å²) >= 11 is 0. The van der Waals surface area contributed by atoms with Crippen LogP contribution in [0.1, 0.15) is 27.7 Å². The molecule has 3 N–H and O–H groups in total. The van der Waals surface area contributed by atoms with E-state index in [4.69, 9.17) is 9.47 Å². The summed E-state index contributed by atoms with van der Waals surface area (Å²) in [5, 5.41) is 7.52. The van der Waals surface area contributed by atoms with E-state index in [2.05, 4.69) is 16.0 Å². The molecule has 0 saturated heterocycles. The molecule has 0 radical (unpaired) electrons. The zero-order valence-corrected chi connectivity index (χ0v) is 17.1. The van der Waals surface area contributed by atoms with E-state index in [1.807, 2.05) is 13.8 Å². The summed E-state index contributed by atoms with van der Waals surface area (Å²) < 4.78 is 11.0. The van der Waals surface area contributed by atoms with Crippen molar-refractivity contribution in [2.45, 2.75) is 33.7 Å². The van der Waals surface area contributed by atoms with Crippen LogP contribution in [0.4, 0.5) is 10.5 Å². The maximum Gasteiger partial charge on any atom is 0.321 e. The van der Waals surface area contributed by atoms with Crippen molar-refractivity contribution < 1.29 is 23.9 Å². The molecule has 0 aliphatic carbocycles. The van der Waals surface area contributed by atoms with Crippen LogP contribution in [-0.2, 0) is 9.59 Å². The zero-order valence-electron chi connectivity index (χ0n) is 17.1. The molecule has 9 nitrogen and oxygen atoms in total. The van der Waals surface area contributed by atoms with Crippen molar-refractivity contribution in [2.75, 3.05) is 38.7 Å². The predicted molar refractivity (Wildman–Crippen MR) is 107 cm³/mol. The minimum Gasteiger partial charge on any atom is -0.490 e. The van der Waals surface area contributed by atoms with Gasteiger partial charge < -0.3 is 20.1 Å². The summed E-state index contributed by atoms with van der Waals surface area (Å²) in [4.78, 5) is 37.1. The molecule has 1 aromatic carbocycles. The van der Waals surface area contributed by atoms with Gasteiger partial charge in [-0.25, -0.2) is 4.79 Å². The normalized spacial score (nSPS) is 10.5. The third kappa shape index (κ3) is 8.72. The van der Waals surface area contributed by atoms with Gasteiger partial charge in [0.05, 0.1) is 26.3 Å². The first kappa shape index (κ1) is 23.2. The molecule has 9 heteroatoms. The number of ether oxygens (including phenoxy) is 2. The molecule has 0 heterocycles. The van der Waals surface area contributed by atoms with Crippen LogP contribution in [0.25, 0.3) is 0 Å². The summed E-state index contributed by atoms with van der Waals surface area (Å²) in [6.07, 6.45) is 0. The average Bonchev–Trinajstić information content (AvgIpc) is 2.56. The van der Waals surface area contributed by atoms with Crippen LogP contribution < -0.4 is 25.4 Å². The fourth-order valence-corrected chi connectivity index (χ4v) is 2.34. The number of rotatable bonds is 10. The van der Waals surface area contributed by atoms with Crippen molar-refractivity contribution in [3.8, 4) is 11.5 Å². The Labute approximate surface area is 165 Å². The first-order valence-electron chi connectivity index (χ1n) is 9.23. The molecule has 0 saturated carbocycles. The van der Waals surface area contributed by atoms with Crippen LogP contribution in [0.5, 0.6) is 11.5 Å². The molecular formula is C19H30N4O5. The Balaban J connectivity index is 2.55. The summed E-state index contributed by atoms with van der Waals surface area (Å²) in [7, 11) is 1.61. The van der Waals surface area contributed by atoms with Crippen molar-refractivity contribution >= 4 is 23.5 Å². The molecule has 156 valence electrons. The molecular weight excluding hydrogens is 364 g/mol. The van der Waals surface area contributed by atoms with E-state index in [-0.39, 0.29) is 25.0 Å². The fraction of sp³-hybridized carbons (Fsp3) is 0.526. The monoisotopic (exact) mass is 394 g/mol. The highest BCUT2D eigenvalue weighted by molar-refractivity contribution is 5.96. The van der Waals surface area contributed by atoms with Gasteiger partial charge in [0, 0.05) is 17.8 Å². The second kappa shape index (κ2) is 11.8. The number of benzene rings is 1.